The summed E-state index contributed by atoms with van der Waals surface area (Å²) in [4.78, 5) is 5.54. The fourth-order valence-corrected chi connectivity index (χ4v) is 2.73. The second-order valence-corrected chi connectivity index (χ2v) is 6.86. The molecular weight excluding hydrogens is 256 g/mol. The van der Waals surface area contributed by atoms with Crippen LogP contribution in [-0.4, -0.2) is 12.1 Å². The molecule has 4 heteroatoms. The third-order valence-corrected chi connectivity index (χ3v) is 3.93. The SMILES string of the molecule is COc1ccc(C(C)(C)C)cc1-c1nc(N)sc1C. The van der Waals surface area contributed by atoms with Crippen molar-refractivity contribution >= 4 is 16.5 Å². The Morgan fingerprint density at radius 2 is 1.95 bits per heavy atom. The largest absolute Gasteiger partial charge is 0.496 e. The number of anilines is 1. The van der Waals surface area contributed by atoms with Gasteiger partial charge in [-0.25, -0.2) is 4.98 Å². The molecule has 3 nitrogen and oxygen atoms in total. The normalized spacial score (nSPS) is 11.6. The van der Waals surface area contributed by atoms with Gasteiger partial charge in [-0.3, -0.25) is 0 Å². The lowest BCUT2D eigenvalue weighted by Gasteiger charge is -2.20. The van der Waals surface area contributed by atoms with E-state index < -0.39 is 0 Å². The van der Waals surface area contributed by atoms with E-state index in [0.29, 0.717) is 5.13 Å². The van der Waals surface area contributed by atoms with E-state index >= 15 is 0 Å². The number of aromatic nitrogens is 1. The summed E-state index contributed by atoms with van der Waals surface area (Å²) in [5.41, 5.74) is 9.09. The van der Waals surface area contributed by atoms with Crippen molar-refractivity contribution < 1.29 is 4.74 Å². The van der Waals surface area contributed by atoms with Crippen molar-refractivity contribution in [1.29, 1.82) is 0 Å². The highest BCUT2D eigenvalue weighted by atomic mass is 32.1. The molecule has 0 aliphatic heterocycles. The van der Waals surface area contributed by atoms with E-state index in [2.05, 4.69) is 37.9 Å². The van der Waals surface area contributed by atoms with Crippen molar-refractivity contribution in [3.8, 4) is 17.0 Å². The Labute approximate surface area is 118 Å². The summed E-state index contributed by atoms with van der Waals surface area (Å²) in [6, 6.07) is 6.26. The molecule has 102 valence electrons. The van der Waals surface area contributed by atoms with Crippen molar-refractivity contribution in [1.82, 2.24) is 4.98 Å². The Hall–Kier alpha value is -1.55. The van der Waals surface area contributed by atoms with Gasteiger partial charge in [0.05, 0.1) is 12.8 Å². The Bertz CT molecular complexity index is 597. The van der Waals surface area contributed by atoms with Gasteiger partial charge in [0.25, 0.3) is 0 Å². The summed E-state index contributed by atoms with van der Waals surface area (Å²) in [6.45, 7) is 8.62. The zero-order chi connectivity index (χ0) is 14.2. The van der Waals surface area contributed by atoms with Crippen LogP contribution in [0.5, 0.6) is 5.75 Å². The number of benzene rings is 1. The van der Waals surface area contributed by atoms with Gasteiger partial charge in [0.1, 0.15) is 5.75 Å². The van der Waals surface area contributed by atoms with Crippen LogP contribution < -0.4 is 10.5 Å². The van der Waals surface area contributed by atoms with Crippen LogP contribution in [-0.2, 0) is 5.41 Å². The Morgan fingerprint density at radius 3 is 2.42 bits per heavy atom. The minimum atomic E-state index is 0.0937. The van der Waals surface area contributed by atoms with E-state index in [0.717, 1.165) is 21.9 Å². The number of aryl methyl sites for hydroxylation is 1. The van der Waals surface area contributed by atoms with E-state index in [1.807, 2.05) is 13.0 Å². The number of ether oxygens (including phenoxy) is 1. The molecule has 0 radical (unpaired) electrons. The zero-order valence-corrected chi connectivity index (χ0v) is 12.9. The van der Waals surface area contributed by atoms with Gasteiger partial charge in [0.2, 0.25) is 0 Å². The van der Waals surface area contributed by atoms with Crippen molar-refractivity contribution in [2.45, 2.75) is 33.1 Å². The van der Waals surface area contributed by atoms with Crippen LogP contribution >= 0.6 is 11.3 Å². The molecule has 0 amide bonds. The molecule has 19 heavy (non-hydrogen) atoms. The van der Waals surface area contributed by atoms with Crippen molar-refractivity contribution in [2.24, 2.45) is 0 Å². The van der Waals surface area contributed by atoms with Crippen LogP contribution in [0.3, 0.4) is 0 Å². The highest BCUT2D eigenvalue weighted by molar-refractivity contribution is 7.15. The van der Waals surface area contributed by atoms with Crippen LogP contribution in [0.15, 0.2) is 18.2 Å². The molecule has 0 saturated heterocycles. The average molecular weight is 276 g/mol. The predicted octanol–water partition coefficient (Wildman–Crippen LogP) is 4.01. The first-order chi connectivity index (χ1) is 8.82. The van der Waals surface area contributed by atoms with Crippen LogP contribution in [0.4, 0.5) is 5.13 Å². The summed E-state index contributed by atoms with van der Waals surface area (Å²) < 4.78 is 5.46. The number of nitrogen functional groups attached to an aromatic ring is 1. The monoisotopic (exact) mass is 276 g/mol. The fourth-order valence-electron chi connectivity index (χ4n) is 2.03. The molecule has 1 aromatic heterocycles. The maximum Gasteiger partial charge on any atom is 0.180 e. The quantitative estimate of drug-likeness (QED) is 0.901. The number of nitrogens with two attached hydrogens (primary N) is 1. The Balaban J connectivity index is 2.63. The Morgan fingerprint density at radius 1 is 1.26 bits per heavy atom. The number of thiazole rings is 1. The third-order valence-electron chi connectivity index (χ3n) is 3.13. The molecule has 1 aromatic carbocycles. The van der Waals surface area contributed by atoms with Gasteiger partial charge in [-0.2, -0.15) is 0 Å². The lowest BCUT2D eigenvalue weighted by molar-refractivity contribution is 0.415. The molecule has 0 spiro atoms. The van der Waals surface area contributed by atoms with Gasteiger partial charge in [-0.1, -0.05) is 26.8 Å². The topological polar surface area (TPSA) is 48.1 Å². The molecule has 0 bridgehead atoms. The van der Waals surface area contributed by atoms with Gasteiger partial charge in [0.15, 0.2) is 5.13 Å². The second kappa shape index (κ2) is 4.85. The van der Waals surface area contributed by atoms with Gasteiger partial charge in [-0.05, 0) is 30.0 Å². The van der Waals surface area contributed by atoms with Crippen LogP contribution in [0.2, 0.25) is 0 Å². The number of rotatable bonds is 2. The van der Waals surface area contributed by atoms with Gasteiger partial charge in [0, 0.05) is 10.4 Å². The van der Waals surface area contributed by atoms with Crippen molar-refractivity contribution in [2.75, 3.05) is 12.8 Å². The molecule has 0 atom stereocenters. The maximum absolute atomic E-state index is 5.80. The van der Waals surface area contributed by atoms with E-state index in [1.54, 1.807) is 7.11 Å². The minimum absolute atomic E-state index is 0.0937. The number of nitrogens with zero attached hydrogens (tertiary/aromatic N) is 1. The van der Waals surface area contributed by atoms with Gasteiger partial charge < -0.3 is 10.5 Å². The fraction of sp³-hybridized carbons (Fsp3) is 0.400. The first kappa shape index (κ1) is 13.9. The number of hydrogen-bond acceptors (Lipinski definition) is 4. The third kappa shape index (κ3) is 2.73. The predicted molar refractivity (Wildman–Crippen MR) is 82.0 cm³/mol. The van der Waals surface area contributed by atoms with Gasteiger partial charge in [-0.15, -0.1) is 11.3 Å². The van der Waals surface area contributed by atoms with E-state index in [-0.39, 0.29) is 5.41 Å². The van der Waals surface area contributed by atoms with E-state index in [4.69, 9.17) is 10.5 Å². The second-order valence-electron chi connectivity index (χ2n) is 5.62. The summed E-state index contributed by atoms with van der Waals surface area (Å²) >= 11 is 1.51. The average Bonchev–Trinajstić information content (AvgIpc) is 2.66. The number of hydrogen-bond donors (Lipinski definition) is 1. The summed E-state index contributed by atoms with van der Waals surface area (Å²) in [6.07, 6.45) is 0. The van der Waals surface area contributed by atoms with Crippen molar-refractivity contribution in [3.05, 3.63) is 28.6 Å². The molecule has 2 rings (SSSR count). The van der Waals surface area contributed by atoms with E-state index in [1.165, 1.54) is 16.9 Å². The maximum atomic E-state index is 5.80. The Kier molecular flexibility index (Phi) is 3.54. The lowest BCUT2D eigenvalue weighted by atomic mass is 9.85. The molecule has 2 aromatic rings. The first-order valence-electron chi connectivity index (χ1n) is 6.24. The molecule has 1 heterocycles. The standard InChI is InChI=1S/C15H20N2OS/c1-9-13(17-14(16)19-9)11-8-10(15(2,3)4)6-7-12(11)18-5/h6-8H,1-5H3,(H2,16,17). The molecule has 0 aliphatic carbocycles. The smallest absolute Gasteiger partial charge is 0.180 e. The van der Waals surface area contributed by atoms with Gasteiger partial charge >= 0.3 is 0 Å². The number of methoxy groups -OCH3 is 1. The van der Waals surface area contributed by atoms with Crippen LogP contribution in [0.25, 0.3) is 11.3 Å². The summed E-state index contributed by atoms with van der Waals surface area (Å²) in [7, 11) is 1.68. The highest BCUT2D eigenvalue weighted by Crippen LogP contribution is 2.37. The summed E-state index contributed by atoms with van der Waals surface area (Å²) in [5, 5.41) is 0.593. The molecule has 0 aliphatic rings. The minimum Gasteiger partial charge on any atom is -0.496 e. The van der Waals surface area contributed by atoms with E-state index in [9.17, 15) is 0 Å². The molecule has 0 unspecified atom stereocenters. The molecule has 2 N–H and O–H groups in total. The van der Waals surface area contributed by atoms with Crippen molar-refractivity contribution in [3.63, 3.8) is 0 Å². The lowest BCUT2D eigenvalue weighted by Crippen LogP contribution is -2.11. The van der Waals surface area contributed by atoms with Crippen LogP contribution in [0, 0.1) is 6.92 Å². The first-order valence-corrected chi connectivity index (χ1v) is 7.06. The highest BCUT2D eigenvalue weighted by Gasteiger charge is 2.19. The molecule has 0 saturated carbocycles. The molecular formula is C15H20N2OS. The zero-order valence-electron chi connectivity index (χ0n) is 12.1. The van der Waals surface area contributed by atoms with Crippen LogP contribution in [0.1, 0.15) is 31.2 Å². The molecule has 0 fully saturated rings. The summed E-state index contributed by atoms with van der Waals surface area (Å²) in [5.74, 6) is 0.835.